The molecule has 0 radical (unpaired) electrons. The summed E-state index contributed by atoms with van der Waals surface area (Å²) in [7, 11) is -0.777. The van der Waals surface area contributed by atoms with Gasteiger partial charge in [-0.25, -0.2) is 8.78 Å². The zero-order valence-electron chi connectivity index (χ0n) is 11.6. The molecule has 1 heterocycles. The van der Waals surface area contributed by atoms with Crippen LogP contribution >= 0.6 is 0 Å². The van der Waals surface area contributed by atoms with Gasteiger partial charge in [0.1, 0.15) is 11.6 Å². The van der Waals surface area contributed by atoms with Crippen molar-refractivity contribution in [2.24, 2.45) is 0 Å². The van der Waals surface area contributed by atoms with E-state index >= 15 is 0 Å². The SMILES string of the molecule is C=C(B1OC(C)(C)C(C)(C)O1)c1cc(F)ccc1F. The van der Waals surface area contributed by atoms with Gasteiger partial charge >= 0.3 is 7.12 Å². The Bertz CT molecular complexity index is 510. The molecular weight excluding hydrogens is 249 g/mol. The van der Waals surface area contributed by atoms with Crippen molar-refractivity contribution in [1.29, 1.82) is 0 Å². The molecule has 1 aromatic carbocycles. The Morgan fingerprint density at radius 2 is 1.63 bits per heavy atom. The summed E-state index contributed by atoms with van der Waals surface area (Å²) < 4.78 is 38.5. The largest absolute Gasteiger partial charge is 0.494 e. The van der Waals surface area contributed by atoms with Gasteiger partial charge in [-0.2, -0.15) is 0 Å². The number of benzene rings is 1. The van der Waals surface area contributed by atoms with Crippen LogP contribution in [-0.2, 0) is 9.31 Å². The molecule has 0 saturated carbocycles. The van der Waals surface area contributed by atoms with Crippen molar-refractivity contribution < 1.29 is 18.1 Å². The fourth-order valence-corrected chi connectivity index (χ4v) is 1.86. The molecule has 19 heavy (non-hydrogen) atoms. The van der Waals surface area contributed by atoms with Gasteiger partial charge in [-0.3, -0.25) is 0 Å². The first kappa shape index (κ1) is 14.2. The second kappa shape index (κ2) is 4.42. The van der Waals surface area contributed by atoms with Crippen LogP contribution in [0.25, 0.3) is 5.47 Å². The van der Waals surface area contributed by atoms with E-state index in [0.717, 1.165) is 18.2 Å². The van der Waals surface area contributed by atoms with E-state index in [2.05, 4.69) is 6.58 Å². The number of rotatable bonds is 2. The fraction of sp³-hybridized carbons (Fsp3) is 0.429. The number of hydrogen-bond acceptors (Lipinski definition) is 2. The van der Waals surface area contributed by atoms with Crippen molar-refractivity contribution in [2.45, 2.75) is 38.9 Å². The van der Waals surface area contributed by atoms with Crippen molar-refractivity contribution >= 4 is 12.6 Å². The maximum Gasteiger partial charge on any atom is 0.494 e. The Morgan fingerprint density at radius 3 is 2.16 bits per heavy atom. The van der Waals surface area contributed by atoms with Gasteiger partial charge in [-0.1, -0.05) is 6.58 Å². The molecule has 0 amide bonds. The highest BCUT2D eigenvalue weighted by atomic mass is 19.1. The van der Waals surface area contributed by atoms with Gasteiger partial charge in [0.15, 0.2) is 0 Å². The molecule has 2 nitrogen and oxygen atoms in total. The minimum Gasteiger partial charge on any atom is -0.399 e. The summed E-state index contributed by atoms with van der Waals surface area (Å²) in [5.74, 6) is -1.06. The average Bonchev–Trinajstić information content (AvgIpc) is 2.51. The lowest BCUT2D eigenvalue weighted by molar-refractivity contribution is 0.00578. The molecule has 0 aliphatic carbocycles. The first-order valence-corrected chi connectivity index (χ1v) is 6.14. The van der Waals surface area contributed by atoms with Crippen LogP contribution in [0.1, 0.15) is 33.3 Å². The first-order chi connectivity index (χ1) is 8.64. The van der Waals surface area contributed by atoms with Crippen LogP contribution < -0.4 is 0 Å². The van der Waals surface area contributed by atoms with E-state index in [4.69, 9.17) is 9.31 Å². The summed E-state index contributed by atoms with van der Waals surface area (Å²) in [5.41, 5.74) is -0.705. The lowest BCUT2D eigenvalue weighted by Gasteiger charge is -2.32. The van der Waals surface area contributed by atoms with E-state index in [1.165, 1.54) is 0 Å². The van der Waals surface area contributed by atoms with Gasteiger partial charge in [0.25, 0.3) is 0 Å². The molecule has 0 aromatic heterocycles. The molecule has 1 aliphatic heterocycles. The first-order valence-electron chi connectivity index (χ1n) is 6.14. The Kier molecular flexibility index (Phi) is 3.31. The standard InChI is InChI=1S/C14H17BF2O2/c1-9(11-8-10(16)6-7-12(11)17)15-18-13(2,3)14(4,5)19-15/h6-8H,1H2,2-5H3. The minimum atomic E-state index is -0.777. The predicted octanol–water partition coefficient (Wildman–Crippen LogP) is 3.61. The average molecular weight is 266 g/mol. The molecule has 0 unspecified atom stereocenters. The Labute approximate surface area is 112 Å². The lowest BCUT2D eigenvalue weighted by atomic mass is 9.75. The van der Waals surface area contributed by atoms with Crippen LogP contribution in [0, 0.1) is 11.6 Å². The fourth-order valence-electron chi connectivity index (χ4n) is 1.86. The third-order valence-electron chi connectivity index (χ3n) is 3.81. The van der Waals surface area contributed by atoms with Crippen LogP contribution in [0.2, 0.25) is 0 Å². The summed E-state index contributed by atoms with van der Waals surface area (Å²) in [4.78, 5) is 0. The highest BCUT2D eigenvalue weighted by Crippen LogP contribution is 2.40. The van der Waals surface area contributed by atoms with E-state index in [1.54, 1.807) is 0 Å². The van der Waals surface area contributed by atoms with Gasteiger partial charge < -0.3 is 9.31 Å². The number of hydrogen-bond donors (Lipinski definition) is 0. The molecule has 1 aliphatic rings. The predicted molar refractivity (Wildman–Crippen MR) is 71.5 cm³/mol. The third kappa shape index (κ3) is 2.45. The maximum atomic E-state index is 13.7. The molecule has 0 N–H and O–H groups in total. The molecule has 0 bridgehead atoms. The van der Waals surface area contributed by atoms with Crippen molar-refractivity contribution in [1.82, 2.24) is 0 Å². The smallest absolute Gasteiger partial charge is 0.399 e. The quantitative estimate of drug-likeness (QED) is 0.761. The number of halogens is 2. The van der Waals surface area contributed by atoms with Gasteiger partial charge in [0.05, 0.1) is 11.2 Å². The van der Waals surface area contributed by atoms with Gasteiger partial charge in [0.2, 0.25) is 0 Å². The summed E-state index contributed by atoms with van der Waals surface area (Å²) in [6.07, 6.45) is 0. The summed E-state index contributed by atoms with van der Waals surface area (Å²) in [6, 6.07) is 3.24. The van der Waals surface area contributed by atoms with E-state index in [0.29, 0.717) is 0 Å². The Hall–Kier alpha value is -1.20. The van der Waals surface area contributed by atoms with Crippen LogP contribution in [0.15, 0.2) is 24.8 Å². The second-order valence-electron chi connectivity index (χ2n) is 5.74. The van der Waals surface area contributed by atoms with Crippen molar-refractivity contribution in [3.8, 4) is 0 Å². The van der Waals surface area contributed by atoms with Crippen LogP contribution in [0.5, 0.6) is 0 Å². The normalized spacial score (nSPS) is 20.6. The molecule has 5 heteroatoms. The lowest BCUT2D eigenvalue weighted by Crippen LogP contribution is -2.41. The molecule has 1 aromatic rings. The van der Waals surface area contributed by atoms with Crippen molar-refractivity contribution in [3.63, 3.8) is 0 Å². The maximum absolute atomic E-state index is 13.7. The van der Waals surface area contributed by atoms with Crippen molar-refractivity contribution in [2.75, 3.05) is 0 Å². The third-order valence-corrected chi connectivity index (χ3v) is 3.81. The molecule has 102 valence electrons. The Balaban J connectivity index is 2.30. The van der Waals surface area contributed by atoms with Gasteiger partial charge in [-0.15, -0.1) is 0 Å². The molecule has 0 spiro atoms. The summed E-state index contributed by atoms with van der Waals surface area (Å²) in [6.45, 7) is 11.3. The van der Waals surface area contributed by atoms with Gasteiger partial charge in [0, 0.05) is 5.56 Å². The monoisotopic (exact) mass is 266 g/mol. The molecule has 1 fully saturated rings. The molecular formula is C14H17BF2O2. The van der Waals surface area contributed by atoms with Crippen molar-refractivity contribution in [3.05, 3.63) is 42.0 Å². The van der Waals surface area contributed by atoms with Gasteiger partial charge in [-0.05, 0) is 51.4 Å². The minimum absolute atomic E-state index is 0.0819. The molecule has 0 atom stereocenters. The highest BCUT2D eigenvalue weighted by Gasteiger charge is 2.52. The van der Waals surface area contributed by atoms with E-state index in [9.17, 15) is 8.78 Å². The topological polar surface area (TPSA) is 18.5 Å². The summed E-state index contributed by atoms with van der Waals surface area (Å²) >= 11 is 0. The van der Waals surface area contributed by atoms with E-state index < -0.39 is 30.0 Å². The van der Waals surface area contributed by atoms with Crippen LogP contribution in [0.4, 0.5) is 8.78 Å². The zero-order valence-corrected chi connectivity index (χ0v) is 11.6. The Morgan fingerprint density at radius 1 is 1.11 bits per heavy atom. The molecule has 1 saturated heterocycles. The molecule has 2 rings (SSSR count). The second-order valence-corrected chi connectivity index (χ2v) is 5.74. The highest BCUT2D eigenvalue weighted by molar-refractivity contribution is 6.68. The van der Waals surface area contributed by atoms with Crippen LogP contribution in [-0.4, -0.2) is 18.3 Å². The zero-order chi connectivity index (χ0) is 14.4. The van der Waals surface area contributed by atoms with E-state index in [-0.39, 0.29) is 11.0 Å². The van der Waals surface area contributed by atoms with E-state index in [1.807, 2.05) is 27.7 Å². The summed E-state index contributed by atoms with van der Waals surface area (Å²) in [5, 5.41) is 0. The van der Waals surface area contributed by atoms with Crippen LogP contribution in [0.3, 0.4) is 0 Å².